The fourth-order valence-corrected chi connectivity index (χ4v) is 3.64. The Balaban J connectivity index is 1.91. The molecular weight excluding hydrogens is 332 g/mol. The molecule has 0 saturated carbocycles. The third kappa shape index (κ3) is 4.78. The number of hydrogen-bond acceptors (Lipinski definition) is 6. The minimum absolute atomic E-state index is 0.00664. The first-order chi connectivity index (χ1) is 10.9. The SMILES string of the molecule is CCCCC1CC(C)(c2csc(NCCNC(N)=S)n2)OC1=O. The van der Waals surface area contributed by atoms with Gasteiger partial charge in [0.15, 0.2) is 15.8 Å². The maximum absolute atomic E-state index is 12.1. The molecule has 1 saturated heterocycles. The number of hydrogen-bond donors (Lipinski definition) is 3. The van der Waals surface area contributed by atoms with Gasteiger partial charge < -0.3 is 21.1 Å². The molecule has 1 fully saturated rings. The number of cyclic esters (lactones) is 1. The van der Waals surface area contributed by atoms with E-state index >= 15 is 0 Å². The highest BCUT2D eigenvalue weighted by atomic mass is 32.1. The van der Waals surface area contributed by atoms with E-state index in [4.69, 9.17) is 22.7 Å². The van der Waals surface area contributed by atoms with Gasteiger partial charge in [0.2, 0.25) is 0 Å². The van der Waals surface area contributed by atoms with Gasteiger partial charge in [-0.05, 0) is 25.6 Å². The molecule has 0 aromatic carbocycles. The number of unbranched alkanes of at least 4 members (excludes halogenated alkanes) is 1. The number of nitrogens with two attached hydrogens (primary N) is 1. The summed E-state index contributed by atoms with van der Waals surface area (Å²) in [5.41, 5.74) is 5.58. The summed E-state index contributed by atoms with van der Waals surface area (Å²) in [6, 6.07) is 0. The Hall–Kier alpha value is -1.41. The second-order valence-corrected chi connectivity index (χ2v) is 7.25. The Labute approximate surface area is 146 Å². The molecule has 1 aromatic heterocycles. The molecule has 0 radical (unpaired) electrons. The van der Waals surface area contributed by atoms with Crippen LogP contribution in [-0.2, 0) is 15.1 Å². The van der Waals surface area contributed by atoms with Crippen molar-refractivity contribution >= 4 is 39.8 Å². The van der Waals surface area contributed by atoms with Crippen LogP contribution in [0.1, 0.15) is 45.2 Å². The van der Waals surface area contributed by atoms with Crippen LogP contribution in [0.5, 0.6) is 0 Å². The number of rotatable bonds is 8. The van der Waals surface area contributed by atoms with Crippen LogP contribution in [0.25, 0.3) is 0 Å². The average molecular weight is 357 g/mol. The van der Waals surface area contributed by atoms with Crippen LogP contribution in [0.15, 0.2) is 5.38 Å². The summed E-state index contributed by atoms with van der Waals surface area (Å²) >= 11 is 6.26. The van der Waals surface area contributed by atoms with E-state index in [-0.39, 0.29) is 17.0 Å². The first-order valence-electron chi connectivity index (χ1n) is 7.90. The minimum atomic E-state index is -0.608. The van der Waals surface area contributed by atoms with Gasteiger partial charge in [-0.3, -0.25) is 4.79 Å². The van der Waals surface area contributed by atoms with Crippen LogP contribution in [0.3, 0.4) is 0 Å². The lowest BCUT2D eigenvalue weighted by Crippen LogP contribution is -2.32. The van der Waals surface area contributed by atoms with Crippen molar-refractivity contribution in [3.63, 3.8) is 0 Å². The molecule has 0 spiro atoms. The fourth-order valence-electron chi connectivity index (χ4n) is 2.68. The predicted molar refractivity (Wildman–Crippen MR) is 96.5 cm³/mol. The molecule has 2 heterocycles. The number of esters is 1. The average Bonchev–Trinajstić information content (AvgIpc) is 3.07. The van der Waals surface area contributed by atoms with Gasteiger partial charge in [-0.1, -0.05) is 19.8 Å². The Kier molecular flexibility index (Phi) is 6.17. The molecule has 0 bridgehead atoms. The first kappa shape index (κ1) is 17.9. The Morgan fingerprint density at radius 3 is 3.09 bits per heavy atom. The highest BCUT2D eigenvalue weighted by Gasteiger charge is 2.45. The van der Waals surface area contributed by atoms with Crippen molar-refractivity contribution in [2.75, 3.05) is 18.4 Å². The highest BCUT2D eigenvalue weighted by molar-refractivity contribution is 7.80. The summed E-state index contributed by atoms with van der Waals surface area (Å²) < 4.78 is 5.65. The molecule has 1 aromatic rings. The van der Waals surface area contributed by atoms with Crippen LogP contribution in [-0.4, -0.2) is 29.2 Å². The number of nitrogens with one attached hydrogen (secondary N) is 2. The molecular formula is C15H24N4O2S2. The quantitative estimate of drug-likeness (QED) is 0.374. The lowest BCUT2D eigenvalue weighted by atomic mass is 9.90. The molecule has 2 atom stereocenters. The zero-order chi connectivity index (χ0) is 16.9. The van der Waals surface area contributed by atoms with Gasteiger partial charge in [-0.15, -0.1) is 11.3 Å². The van der Waals surface area contributed by atoms with Crippen LogP contribution in [0.2, 0.25) is 0 Å². The van der Waals surface area contributed by atoms with Crippen molar-refractivity contribution in [3.05, 3.63) is 11.1 Å². The number of thiazole rings is 1. The zero-order valence-electron chi connectivity index (χ0n) is 13.6. The number of anilines is 1. The van der Waals surface area contributed by atoms with E-state index < -0.39 is 5.60 Å². The van der Waals surface area contributed by atoms with Crippen molar-refractivity contribution in [1.29, 1.82) is 0 Å². The van der Waals surface area contributed by atoms with Gasteiger partial charge in [-0.25, -0.2) is 4.98 Å². The first-order valence-corrected chi connectivity index (χ1v) is 9.19. The monoisotopic (exact) mass is 356 g/mol. The summed E-state index contributed by atoms with van der Waals surface area (Å²) in [6.07, 6.45) is 3.74. The molecule has 0 aliphatic carbocycles. The molecule has 2 rings (SSSR count). The minimum Gasteiger partial charge on any atom is -0.453 e. The van der Waals surface area contributed by atoms with Crippen LogP contribution in [0.4, 0.5) is 5.13 Å². The molecule has 0 amide bonds. The number of carbonyl (C=O) groups excluding carboxylic acids is 1. The Bertz CT molecular complexity index is 563. The Morgan fingerprint density at radius 1 is 1.61 bits per heavy atom. The van der Waals surface area contributed by atoms with Crippen molar-refractivity contribution in [2.45, 2.75) is 45.1 Å². The van der Waals surface area contributed by atoms with Gasteiger partial charge in [-0.2, -0.15) is 0 Å². The third-order valence-electron chi connectivity index (χ3n) is 3.95. The molecule has 8 heteroatoms. The summed E-state index contributed by atoms with van der Waals surface area (Å²) in [5, 5.41) is 9.13. The normalized spacial score (nSPS) is 23.6. The molecule has 6 nitrogen and oxygen atoms in total. The maximum atomic E-state index is 12.1. The highest BCUT2D eigenvalue weighted by Crippen LogP contribution is 2.42. The van der Waals surface area contributed by atoms with E-state index in [1.165, 1.54) is 11.3 Å². The van der Waals surface area contributed by atoms with Crippen molar-refractivity contribution in [2.24, 2.45) is 11.7 Å². The summed E-state index contributed by atoms with van der Waals surface area (Å²) in [5.74, 6) is -0.100. The predicted octanol–water partition coefficient (Wildman–Crippen LogP) is 2.36. The number of ether oxygens (including phenoxy) is 1. The van der Waals surface area contributed by atoms with E-state index in [1.807, 2.05) is 12.3 Å². The lowest BCUT2D eigenvalue weighted by molar-refractivity contribution is -0.150. The van der Waals surface area contributed by atoms with Crippen molar-refractivity contribution in [1.82, 2.24) is 10.3 Å². The fraction of sp³-hybridized carbons (Fsp3) is 0.667. The van der Waals surface area contributed by atoms with Crippen LogP contribution < -0.4 is 16.4 Å². The topological polar surface area (TPSA) is 89.3 Å². The zero-order valence-corrected chi connectivity index (χ0v) is 15.2. The van der Waals surface area contributed by atoms with Crippen LogP contribution in [0, 0.1) is 5.92 Å². The molecule has 2 unspecified atom stereocenters. The molecule has 128 valence electrons. The van der Waals surface area contributed by atoms with Gasteiger partial charge in [0, 0.05) is 24.9 Å². The van der Waals surface area contributed by atoms with Gasteiger partial charge in [0.05, 0.1) is 11.6 Å². The summed E-state index contributed by atoms with van der Waals surface area (Å²) in [7, 11) is 0. The molecule has 23 heavy (non-hydrogen) atoms. The van der Waals surface area contributed by atoms with Crippen molar-refractivity contribution < 1.29 is 9.53 Å². The molecule has 1 aliphatic rings. The largest absolute Gasteiger partial charge is 0.453 e. The smallest absolute Gasteiger partial charge is 0.310 e. The number of aromatic nitrogens is 1. The van der Waals surface area contributed by atoms with Gasteiger partial charge in [0.1, 0.15) is 0 Å². The van der Waals surface area contributed by atoms with E-state index in [0.29, 0.717) is 19.5 Å². The maximum Gasteiger partial charge on any atom is 0.310 e. The number of carbonyl (C=O) groups is 1. The molecule has 1 aliphatic heterocycles. The van der Waals surface area contributed by atoms with Crippen molar-refractivity contribution in [3.8, 4) is 0 Å². The lowest BCUT2D eigenvalue weighted by Gasteiger charge is -2.19. The summed E-state index contributed by atoms with van der Waals surface area (Å²) in [4.78, 5) is 16.6. The summed E-state index contributed by atoms with van der Waals surface area (Å²) in [6.45, 7) is 5.38. The van der Waals surface area contributed by atoms with E-state index in [9.17, 15) is 4.79 Å². The Morgan fingerprint density at radius 2 is 2.39 bits per heavy atom. The standard InChI is InChI=1S/C15H24N4O2S2/c1-3-4-5-10-8-15(2,21-12(10)20)11-9-23-14(19-11)18-7-6-17-13(16)22/h9-10H,3-8H2,1-2H3,(H,18,19)(H3,16,17,22). The third-order valence-corrected chi connectivity index (χ3v) is 4.89. The van der Waals surface area contributed by atoms with Gasteiger partial charge in [0.25, 0.3) is 0 Å². The van der Waals surface area contributed by atoms with Gasteiger partial charge >= 0.3 is 5.97 Å². The molecule has 4 N–H and O–H groups in total. The second kappa shape index (κ2) is 7.92. The van der Waals surface area contributed by atoms with E-state index in [0.717, 1.165) is 30.1 Å². The second-order valence-electron chi connectivity index (χ2n) is 5.95. The van der Waals surface area contributed by atoms with E-state index in [1.54, 1.807) is 0 Å². The van der Waals surface area contributed by atoms with E-state index in [2.05, 4.69) is 22.5 Å². The number of nitrogens with zero attached hydrogens (tertiary/aromatic N) is 1. The number of thiocarbonyl (C=S) groups is 1. The van der Waals surface area contributed by atoms with Crippen LogP contribution >= 0.6 is 23.6 Å².